The molecule has 1 aromatic carbocycles. The second-order valence-electron chi connectivity index (χ2n) is 7.28. The summed E-state index contributed by atoms with van der Waals surface area (Å²) in [6.45, 7) is 5.28. The van der Waals surface area contributed by atoms with Crippen LogP contribution in [-0.4, -0.2) is 45.7 Å². The number of Topliss-reactive ketones (excluding diaryl/α,β-unsaturated/α-hetero) is 1. The van der Waals surface area contributed by atoms with Gasteiger partial charge in [0.25, 0.3) is 5.91 Å². The molecule has 0 fully saturated rings. The lowest BCUT2D eigenvalue weighted by Gasteiger charge is -2.28. The summed E-state index contributed by atoms with van der Waals surface area (Å²) < 4.78 is 4.79. The maximum atomic E-state index is 13.5. The monoisotopic (exact) mass is 419 g/mol. The molecule has 0 aliphatic heterocycles. The number of aromatic amines is 1. The molecule has 2 aromatic heterocycles. The van der Waals surface area contributed by atoms with Crippen LogP contribution >= 0.6 is 0 Å². The normalized spacial score (nSPS) is 11.6. The fourth-order valence-corrected chi connectivity index (χ4v) is 3.57. The van der Waals surface area contributed by atoms with E-state index in [4.69, 9.17) is 4.74 Å². The SMILES string of the molecule is COC(=O)c1[nH]c(C)c(C(=O)C(C)N(Cc2ccccn2)C(=O)c2ccccc2)c1C. The number of aromatic nitrogens is 2. The first-order chi connectivity index (χ1) is 14.8. The molecule has 1 N–H and O–H groups in total. The van der Waals surface area contributed by atoms with Crippen molar-refractivity contribution in [3.63, 3.8) is 0 Å². The Bertz CT molecular complexity index is 1090. The first-order valence-electron chi connectivity index (χ1n) is 9.92. The highest BCUT2D eigenvalue weighted by Crippen LogP contribution is 2.23. The molecule has 0 saturated heterocycles. The van der Waals surface area contributed by atoms with Crippen molar-refractivity contribution >= 4 is 17.7 Å². The van der Waals surface area contributed by atoms with Gasteiger partial charge in [0.1, 0.15) is 5.69 Å². The lowest BCUT2D eigenvalue weighted by molar-refractivity contribution is 0.0591. The summed E-state index contributed by atoms with van der Waals surface area (Å²) in [6, 6.07) is 13.5. The minimum Gasteiger partial charge on any atom is -0.464 e. The van der Waals surface area contributed by atoms with E-state index < -0.39 is 12.0 Å². The Morgan fingerprint density at radius 1 is 1.06 bits per heavy atom. The molecule has 0 bridgehead atoms. The highest BCUT2D eigenvalue weighted by molar-refractivity contribution is 6.07. The number of nitrogens with one attached hydrogen (secondary N) is 1. The molecule has 0 saturated carbocycles. The molecule has 3 aromatic rings. The maximum absolute atomic E-state index is 13.5. The van der Waals surface area contributed by atoms with Crippen molar-refractivity contribution in [1.29, 1.82) is 0 Å². The highest BCUT2D eigenvalue weighted by Gasteiger charge is 2.32. The smallest absolute Gasteiger partial charge is 0.354 e. The summed E-state index contributed by atoms with van der Waals surface area (Å²) in [5.41, 5.74) is 2.84. The van der Waals surface area contributed by atoms with Gasteiger partial charge >= 0.3 is 5.97 Å². The van der Waals surface area contributed by atoms with Crippen LogP contribution in [0.4, 0.5) is 0 Å². The first kappa shape index (κ1) is 22.0. The second-order valence-corrected chi connectivity index (χ2v) is 7.28. The van der Waals surface area contributed by atoms with Gasteiger partial charge in [0.2, 0.25) is 0 Å². The Kier molecular flexibility index (Phi) is 6.65. The second kappa shape index (κ2) is 9.38. The van der Waals surface area contributed by atoms with Crippen molar-refractivity contribution < 1.29 is 19.1 Å². The number of hydrogen-bond acceptors (Lipinski definition) is 5. The van der Waals surface area contributed by atoms with Crippen LogP contribution in [0.5, 0.6) is 0 Å². The van der Waals surface area contributed by atoms with Gasteiger partial charge in [-0.3, -0.25) is 14.6 Å². The van der Waals surface area contributed by atoms with Gasteiger partial charge in [0.05, 0.1) is 25.4 Å². The Morgan fingerprint density at radius 3 is 2.35 bits per heavy atom. The summed E-state index contributed by atoms with van der Waals surface area (Å²) >= 11 is 0. The number of amides is 1. The van der Waals surface area contributed by atoms with Crippen molar-refractivity contribution in [2.24, 2.45) is 0 Å². The number of ether oxygens (including phenoxy) is 1. The van der Waals surface area contributed by atoms with Crippen LogP contribution in [0.25, 0.3) is 0 Å². The van der Waals surface area contributed by atoms with E-state index in [2.05, 4.69) is 9.97 Å². The summed E-state index contributed by atoms with van der Waals surface area (Å²) in [6.07, 6.45) is 1.65. The van der Waals surface area contributed by atoms with Gasteiger partial charge in [-0.15, -0.1) is 0 Å². The fourth-order valence-electron chi connectivity index (χ4n) is 3.57. The minimum atomic E-state index is -0.784. The van der Waals surface area contributed by atoms with Crippen molar-refractivity contribution in [1.82, 2.24) is 14.9 Å². The number of hydrogen-bond donors (Lipinski definition) is 1. The van der Waals surface area contributed by atoms with Crippen LogP contribution in [0.15, 0.2) is 54.7 Å². The molecular weight excluding hydrogens is 394 g/mol. The van der Waals surface area contributed by atoms with Crippen molar-refractivity contribution in [3.8, 4) is 0 Å². The van der Waals surface area contributed by atoms with E-state index in [1.165, 1.54) is 12.0 Å². The average molecular weight is 419 g/mol. The Morgan fingerprint density at radius 2 is 1.74 bits per heavy atom. The molecule has 31 heavy (non-hydrogen) atoms. The van der Waals surface area contributed by atoms with Gasteiger partial charge in [-0.25, -0.2) is 4.79 Å². The largest absolute Gasteiger partial charge is 0.464 e. The summed E-state index contributed by atoms with van der Waals surface area (Å²) in [5, 5.41) is 0. The van der Waals surface area contributed by atoms with Gasteiger partial charge in [0, 0.05) is 23.0 Å². The molecule has 2 heterocycles. The van der Waals surface area contributed by atoms with Gasteiger partial charge in [-0.05, 0) is 50.6 Å². The maximum Gasteiger partial charge on any atom is 0.354 e. The molecule has 1 atom stereocenters. The van der Waals surface area contributed by atoms with Crippen LogP contribution in [-0.2, 0) is 11.3 Å². The number of carbonyl (C=O) groups is 3. The first-order valence-corrected chi connectivity index (χ1v) is 9.92. The molecule has 1 amide bonds. The average Bonchev–Trinajstić information content (AvgIpc) is 3.10. The number of aryl methyl sites for hydroxylation is 1. The zero-order valence-electron chi connectivity index (χ0n) is 18.0. The summed E-state index contributed by atoms with van der Waals surface area (Å²) in [5.74, 6) is -1.08. The number of nitrogens with zero attached hydrogens (tertiary/aromatic N) is 2. The zero-order valence-corrected chi connectivity index (χ0v) is 18.0. The Labute approximate surface area is 181 Å². The van der Waals surface area contributed by atoms with Crippen molar-refractivity contribution in [2.45, 2.75) is 33.4 Å². The van der Waals surface area contributed by atoms with E-state index in [-0.39, 0.29) is 23.9 Å². The molecule has 0 aliphatic carbocycles. The fraction of sp³-hybridized carbons (Fsp3) is 0.250. The van der Waals surface area contributed by atoms with Gasteiger partial charge in [-0.2, -0.15) is 0 Å². The van der Waals surface area contributed by atoms with Gasteiger partial charge < -0.3 is 14.6 Å². The number of pyridine rings is 1. The molecule has 0 spiro atoms. The topological polar surface area (TPSA) is 92.4 Å². The van der Waals surface area contributed by atoms with Gasteiger partial charge in [-0.1, -0.05) is 24.3 Å². The van der Waals surface area contributed by atoms with E-state index in [1.54, 1.807) is 57.3 Å². The van der Waals surface area contributed by atoms with Crippen molar-refractivity contribution in [3.05, 3.63) is 88.5 Å². The van der Waals surface area contributed by atoms with E-state index in [9.17, 15) is 14.4 Å². The lowest BCUT2D eigenvalue weighted by atomic mass is 9.99. The summed E-state index contributed by atoms with van der Waals surface area (Å²) in [4.78, 5) is 47.6. The highest BCUT2D eigenvalue weighted by atomic mass is 16.5. The van der Waals surface area contributed by atoms with Gasteiger partial charge in [0.15, 0.2) is 5.78 Å². The van der Waals surface area contributed by atoms with Crippen LogP contribution in [0.3, 0.4) is 0 Å². The van der Waals surface area contributed by atoms with E-state index in [1.807, 2.05) is 18.2 Å². The van der Waals surface area contributed by atoms with Crippen LogP contribution < -0.4 is 0 Å². The zero-order chi connectivity index (χ0) is 22.5. The number of rotatable bonds is 7. The Balaban J connectivity index is 1.99. The molecule has 3 rings (SSSR count). The molecule has 1 unspecified atom stereocenters. The predicted octanol–water partition coefficient (Wildman–Crippen LogP) is 3.73. The van der Waals surface area contributed by atoms with E-state index in [0.29, 0.717) is 28.1 Å². The molecule has 0 aliphatic rings. The Hall–Kier alpha value is -3.74. The standard InChI is InChI=1S/C24H25N3O4/c1-15-20(16(2)26-21(15)24(30)31-4)22(28)17(3)27(14-19-12-8-9-13-25-19)23(29)18-10-6-5-7-11-18/h5-13,17,26H,14H2,1-4H3. The molecule has 0 radical (unpaired) electrons. The number of esters is 1. The molecule has 7 nitrogen and oxygen atoms in total. The summed E-state index contributed by atoms with van der Waals surface area (Å²) in [7, 11) is 1.29. The minimum absolute atomic E-state index is 0.174. The van der Waals surface area contributed by atoms with Crippen LogP contribution in [0.1, 0.15) is 55.1 Å². The quantitative estimate of drug-likeness (QED) is 0.465. The van der Waals surface area contributed by atoms with Crippen molar-refractivity contribution in [2.75, 3.05) is 7.11 Å². The third-order valence-electron chi connectivity index (χ3n) is 5.26. The third-order valence-corrected chi connectivity index (χ3v) is 5.26. The third kappa shape index (κ3) is 4.55. The molecule has 7 heteroatoms. The van der Waals surface area contributed by atoms with E-state index >= 15 is 0 Å². The van der Waals surface area contributed by atoms with E-state index in [0.717, 1.165) is 0 Å². The number of ketones is 1. The predicted molar refractivity (Wildman–Crippen MR) is 116 cm³/mol. The lowest BCUT2D eigenvalue weighted by Crippen LogP contribution is -2.43. The molecular formula is C24H25N3O4. The number of methoxy groups -OCH3 is 1. The number of benzene rings is 1. The number of H-pyrrole nitrogens is 1. The van der Waals surface area contributed by atoms with Crippen LogP contribution in [0.2, 0.25) is 0 Å². The van der Waals surface area contributed by atoms with Crippen LogP contribution in [0, 0.1) is 13.8 Å². The number of carbonyl (C=O) groups excluding carboxylic acids is 3. The molecule has 160 valence electrons.